The summed E-state index contributed by atoms with van der Waals surface area (Å²) in [4.78, 5) is 36.8. The van der Waals surface area contributed by atoms with Gasteiger partial charge in [0, 0.05) is 24.2 Å². The van der Waals surface area contributed by atoms with Crippen LogP contribution in [0.1, 0.15) is 48.4 Å². The van der Waals surface area contributed by atoms with Crippen molar-refractivity contribution in [2.75, 3.05) is 0 Å². The van der Waals surface area contributed by atoms with Crippen LogP contribution in [-0.2, 0) is 6.42 Å². The van der Waals surface area contributed by atoms with Gasteiger partial charge in [0.05, 0.1) is 11.7 Å². The fourth-order valence-corrected chi connectivity index (χ4v) is 3.63. The third-order valence-electron chi connectivity index (χ3n) is 5.10. The number of hydrogen-bond donors (Lipinski definition) is 2. The van der Waals surface area contributed by atoms with Crippen molar-refractivity contribution in [3.05, 3.63) is 75.8 Å². The van der Waals surface area contributed by atoms with Gasteiger partial charge in [0.15, 0.2) is 5.82 Å². The van der Waals surface area contributed by atoms with Crippen molar-refractivity contribution in [1.29, 1.82) is 0 Å². The van der Waals surface area contributed by atoms with Gasteiger partial charge in [-0.1, -0.05) is 19.9 Å². The summed E-state index contributed by atoms with van der Waals surface area (Å²) in [6.07, 6.45) is 2.54. The van der Waals surface area contributed by atoms with Crippen LogP contribution in [0.4, 0.5) is 0 Å². The van der Waals surface area contributed by atoms with Crippen molar-refractivity contribution >= 4 is 5.91 Å². The molecule has 7 heteroatoms. The van der Waals surface area contributed by atoms with E-state index in [0.29, 0.717) is 22.8 Å². The number of carbonyl (C=O) groups excluding carboxylic acids is 1. The number of amides is 1. The smallest absolute Gasteiger partial charge is 0.251 e. The van der Waals surface area contributed by atoms with Gasteiger partial charge in [-0.15, -0.1) is 0 Å². The lowest BCUT2D eigenvalue weighted by atomic mass is 9.99. The fourth-order valence-electron chi connectivity index (χ4n) is 3.63. The maximum absolute atomic E-state index is 13.0. The second kappa shape index (κ2) is 8.10. The minimum Gasteiger partial charge on any atom is -0.490 e. The summed E-state index contributed by atoms with van der Waals surface area (Å²) in [7, 11) is 0. The van der Waals surface area contributed by atoms with E-state index in [4.69, 9.17) is 4.74 Å². The van der Waals surface area contributed by atoms with Crippen LogP contribution >= 0.6 is 0 Å². The van der Waals surface area contributed by atoms with E-state index in [2.05, 4.69) is 20.3 Å². The minimum absolute atomic E-state index is 0.0256. The molecule has 0 fully saturated rings. The SMILES string of the molecule is CC(C)[C@H](NC(=O)c1ccc2c(c1)C[C@@H](C)O2)c1cc(=O)[nH]c(-c2ccccn2)n1. The zero-order chi connectivity index (χ0) is 21.3. The number of benzene rings is 1. The van der Waals surface area contributed by atoms with E-state index in [-0.39, 0.29) is 23.5 Å². The Labute approximate surface area is 174 Å². The van der Waals surface area contributed by atoms with Gasteiger partial charge in [-0.05, 0) is 48.7 Å². The molecule has 1 aromatic carbocycles. The number of H-pyrrole nitrogens is 1. The number of nitrogens with one attached hydrogen (secondary N) is 2. The second-order valence-corrected chi connectivity index (χ2v) is 7.88. The highest BCUT2D eigenvalue weighted by atomic mass is 16.5. The summed E-state index contributed by atoms with van der Waals surface area (Å²) in [5, 5.41) is 3.04. The first-order valence-electron chi connectivity index (χ1n) is 10.0. The normalized spacial score (nSPS) is 16.1. The second-order valence-electron chi connectivity index (χ2n) is 7.88. The van der Waals surface area contributed by atoms with Crippen LogP contribution in [0.2, 0.25) is 0 Å². The molecule has 30 heavy (non-hydrogen) atoms. The van der Waals surface area contributed by atoms with Gasteiger partial charge in [0.2, 0.25) is 0 Å². The molecule has 7 nitrogen and oxygen atoms in total. The molecule has 4 rings (SSSR count). The Morgan fingerprint density at radius 1 is 1.23 bits per heavy atom. The molecule has 3 aromatic rings. The molecule has 2 atom stereocenters. The molecule has 0 saturated heterocycles. The number of pyridine rings is 1. The van der Waals surface area contributed by atoms with Crippen LogP contribution in [0.5, 0.6) is 5.75 Å². The maximum atomic E-state index is 13.0. The summed E-state index contributed by atoms with van der Waals surface area (Å²) in [6, 6.07) is 11.9. The van der Waals surface area contributed by atoms with Gasteiger partial charge in [-0.2, -0.15) is 0 Å². The van der Waals surface area contributed by atoms with Crippen molar-refractivity contribution in [2.45, 2.75) is 39.3 Å². The fraction of sp³-hybridized carbons (Fsp3) is 0.304. The number of aromatic amines is 1. The number of nitrogens with zero attached hydrogens (tertiary/aromatic N) is 2. The summed E-state index contributed by atoms with van der Waals surface area (Å²) in [6.45, 7) is 5.96. The van der Waals surface area contributed by atoms with E-state index >= 15 is 0 Å². The Morgan fingerprint density at radius 2 is 2.07 bits per heavy atom. The molecule has 1 amide bonds. The predicted octanol–water partition coefficient (Wildman–Crippen LogP) is 3.28. The molecule has 2 N–H and O–H groups in total. The van der Waals surface area contributed by atoms with E-state index in [1.54, 1.807) is 24.4 Å². The van der Waals surface area contributed by atoms with Crippen LogP contribution in [0, 0.1) is 5.92 Å². The van der Waals surface area contributed by atoms with E-state index in [1.165, 1.54) is 6.07 Å². The van der Waals surface area contributed by atoms with Crippen LogP contribution in [0.25, 0.3) is 11.5 Å². The van der Waals surface area contributed by atoms with Crippen molar-refractivity contribution in [1.82, 2.24) is 20.3 Å². The van der Waals surface area contributed by atoms with Crippen LogP contribution in [-0.4, -0.2) is 27.0 Å². The molecule has 1 aliphatic heterocycles. The summed E-state index contributed by atoms with van der Waals surface area (Å²) >= 11 is 0. The molecule has 1 aliphatic rings. The average molecular weight is 404 g/mol. The van der Waals surface area contributed by atoms with E-state index in [0.717, 1.165) is 17.7 Å². The van der Waals surface area contributed by atoms with E-state index < -0.39 is 6.04 Å². The Morgan fingerprint density at radius 3 is 2.80 bits per heavy atom. The Hall–Kier alpha value is -3.48. The number of aromatic nitrogens is 3. The number of hydrogen-bond acceptors (Lipinski definition) is 5. The summed E-state index contributed by atoms with van der Waals surface area (Å²) in [5.74, 6) is 1.02. The lowest BCUT2D eigenvalue weighted by Crippen LogP contribution is -2.33. The minimum atomic E-state index is -0.425. The number of ether oxygens (including phenoxy) is 1. The first-order valence-corrected chi connectivity index (χ1v) is 10.0. The van der Waals surface area contributed by atoms with Crippen molar-refractivity contribution in [3.8, 4) is 17.3 Å². The highest BCUT2D eigenvalue weighted by molar-refractivity contribution is 5.95. The molecule has 2 aromatic heterocycles. The average Bonchev–Trinajstić information content (AvgIpc) is 3.11. The molecule has 0 radical (unpaired) electrons. The quantitative estimate of drug-likeness (QED) is 0.680. The number of carbonyl (C=O) groups is 1. The van der Waals surface area contributed by atoms with Crippen LogP contribution in [0.3, 0.4) is 0 Å². The zero-order valence-corrected chi connectivity index (χ0v) is 17.2. The molecule has 154 valence electrons. The third kappa shape index (κ3) is 4.10. The lowest BCUT2D eigenvalue weighted by Gasteiger charge is -2.22. The van der Waals surface area contributed by atoms with E-state index in [1.807, 2.05) is 39.0 Å². The van der Waals surface area contributed by atoms with Crippen molar-refractivity contribution in [3.63, 3.8) is 0 Å². The molecule has 3 heterocycles. The van der Waals surface area contributed by atoms with Gasteiger partial charge < -0.3 is 15.0 Å². The van der Waals surface area contributed by atoms with Gasteiger partial charge >= 0.3 is 0 Å². The predicted molar refractivity (Wildman–Crippen MR) is 113 cm³/mol. The summed E-state index contributed by atoms with van der Waals surface area (Å²) < 4.78 is 5.71. The molecule has 0 saturated carbocycles. The molecule has 0 aliphatic carbocycles. The molecular formula is C23H24N4O3. The highest BCUT2D eigenvalue weighted by Gasteiger charge is 2.24. The number of fused-ring (bicyclic) bond motifs is 1. The Kier molecular flexibility index (Phi) is 5.35. The van der Waals surface area contributed by atoms with Crippen molar-refractivity contribution in [2.24, 2.45) is 5.92 Å². The third-order valence-corrected chi connectivity index (χ3v) is 5.10. The lowest BCUT2D eigenvalue weighted by molar-refractivity contribution is 0.0924. The van der Waals surface area contributed by atoms with Gasteiger partial charge in [0.25, 0.3) is 11.5 Å². The zero-order valence-electron chi connectivity index (χ0n) is 17.2. The van der Waals surface area contributed by atoms with Crippen LogP contribution < -0.4 is 15.6 Å². The first kappa shape index (κ1) is 19.8. The molecule has 0 unspecified atom stereocenters. The summed E-state index contributed by atoms with van der Waals surface area (Å²) in [5.41, 5.74) is 2.37. The monoisotopic (exact) mass is 404 g/mol. The largest absolute Gasteiger partial charge is 0.490 e. The highest BCUT2D eigenvalue weighted by Crippen LogP contribution is 2.30. The van der Waals surface area contributed by atoms with Gasteiger partial charge in [-0.3, -0.25) is 14.6 Å². The number of rotatable bonds is 5. The molecule has 0 bridgehead atoms. The standard InChI is InChI=1S/C23H24N4O3/c1-13(2)21(18-12-20(28)26-22(25-18)17-6-4-5-9-24-17)27-23(29)15-7-8-19-16(11-15)10-14(3)30-19/h4-9,11-14,21H,10H2,1-3H3,(H,27,29)(H,25,26,28)/t14-,21+/m1/s1. The topological polar surface area (TPSA) is 97.0 Å². The van der Waals surface area contributed by atoms with Gasteiger partial charge in [-0.25, -0.2) is 4.98 Å². The van der Waals surface area contributed by atoms with Crippen molar-refractivity contribution < 1.29 is 9.53 Å². The van der Waals surface area contributed by atoms with Crippen LogP contribution in [0.15, 0.2) is 53.5 Å². The van der Waals surface area contributed by atoms with Gasteiger partial charge in [0.1, 0.15) is 17.5 Å². The Balaban J connectivity index is 1.62. The van der Waals surface area contributed by atoms with E-state index in [9.17, 15) is 9.59 Å². The maximum Gasteiger partial charge on any atom is 0.251 e. The molecule has 0 spiro atoms. The molecular weight excluding hydrogens is 380 g/mol. The Bertz CT molecular complexity index is 1120. The first-order chi connectivity index (χ1) is 14.4.